The van der Waals surface area contributed by atoms with Crippen molar-refractivity contribution in [1.29, 1.82) is 0 Å². The van der Waals surface area contributed by atoms with E-state index in [0.29, 0.717) is 22.7 Å². The van der Waals surface area contributed by atoms with Crippen molar-refractivity contribution in [3.63, 3.8) is 0 Å². The lowest BCUT2D eigenvalue weighted by atomic mass is 10.2. The first-order chi connectivity index (χ1) is 13.2. The fraction of sp³-hybridized carbons (Fsp3) is 0.500. The third-order valence-corrected chi connectivity index (χ3v) is 3.67. The molecule has 1 heterocycles. The number of fused-ring (bicyclic) bond motifs is 1. The Morgan fingerprint density at radius 1 is 1.29 bits per heavy atom. The van der Waals surface area contributed by atoms with Gasteiger partial charge in [0, 0.05) is 12.5 Å². The molecule has 28 heavy (non-hydrogen) atoms. The molecule has 0 saturated carbocycles. The van der Waals surface area contributed by atoms with E-state index in [4.69, 9.17) is 13.9 Å². The van der Waals surface area contributed by atoms with Crippen LogP contribution in [-0.2, 0) is 11.2 Å². The molecule has 1 N–H and O–H groups in total. The zero-order chi connectivity index (χ0) is 20.7. The molecule has 0 fully saturated rings. The van der Waals surface area contributed by atoms with Gasteiger partial charge in [0.25, 0.3) is 6.08 Å². The maximum Gasteiger partial charge on any atom is 0.407 e. The fourth-order valence-electron chi connectivity index (χ4n) is 2.31. The minimum absolute atomic E-state index is 0.341. The van der Waals surface area contributed by atoms with Crippen molar-refractivity contribution in [2.75, 3.05) is 13.2 Å². The van der Waals surface area contributed by atoms with Gasteiger partial charge in [0.15, 0.2) is 11.5 Å². The van der Waals surface area contributed by atoms with Crippen LogP contribution in [0.25, 0.3) is 11.1 Å². The molecule has 0 radical (unpaired) electrons. The van der Waals surface area contributed by atoms with Crippen LogP contribution in [-0.4, -0.2) is 29.8 Å². The number of hydrogen-bond acceptors (Lipinski definition) is 5. The summed E-state index contributed by atoms with van der Waals surface area (Å²) in [5, 5.41) is 2.30. The number of aromatic nitrogens is 1. The van der Waals surface area contributed by atoms with E-state index in [1.165, 1.54) is 0 Å². The molecule has 1 aromatic heterocycles. The molecule has 6 nitrogen and oxygen atoms in total. The van der Waals surface area contributed by atoms with Crippen molar-refractivity contribution in [3.05, 3.63) is 35.7 Å². The van der Waals surface area contributed by atoms with Crippen LogP contribution in [0.1, 0.15) is 46.4 Å². The molecule has 0 aliphatic carbocycles. The van der Waals surface area contributed by atoms with Crippen LogP contribution in [0.2, 0.25) is 0 Å². The monoisotopic (exact) mass is 396 g/mol. The average Bonchev–Trinajstić information content (AvgIpc) is 3.00. The van der Waals surface area contributed by atoms with Gasteiger partial charge in [0.1, 0.15) is 23.5 Å². The highest BCUT2D eigenvalue weighted by Gasteiger charge is 2.17. The molecule has 8 heteroatoms. The number of ether oxygens (including phenoxy) is 2. The highest BCUT2D eigenvalue weighted by molar-refractivity contribution is 5.74. The predicted octanol–water partition coefficient (Wildman–Crippen LogP) is 5.22. The maximum atomic E-state index is 13.1. The Morgan fingerprint density at radius 3 is 2.68 bits per heavy atom. The van der Waals surface area contributed by atoms with Crippen molar-refractivity contribution >= 4 is 17.2 Å². The molecule has 0 bridgehead atoms. The van der Waals surface area contributed by atoms with E-state index in [0.717, 1.165) is 19.3 Å². The quantitative estimate of drug-likeness (QED) is 0.662. The summed E-state index contributed by atoms with van der Waals surface area (Å²) in [6.07, 6.45) is 0.0871. The Hall–Kier alpha value is -2.64. The van der Waals surface area contributed by atoms with Gasteiger partial charge in [-0.05, 0) is 39.3 Å². The average molecular weight is 396 g/mol. The van der Waals surface area contributed by atoms with Crippen molar-refractivity contribution in [2.45, 2.75) is 52.6 Å². The predicted molar refractivity (Wildman–Crippen MR) is 102 cm³/mol. The van der Waals surface area contributed by atoms with Crippen LogP contribution < -0.4 is 10.1 Å². The van der Waals surface area contributed by atoms with E-state index in [1.54, 1.807) is 39.0 Å². The second kappa shape index (κ2) is 9.52. The molecule has 2 aromatic rings. The van der Waals surface area contributed by atoms with Crippen molar-refractivity contribution in [3.8, 4) is 5.75 Å². The van der Waals surface area contributed by atoms with Crippen LogP contribution in [0.5, 0.6) is 5.75 Å². The molecule has 154 valence electrons. The second-order valence-corrected chi connectivity index (χ2v) is 7.35. The minimum Gasteiger partial charge on any atom is -0.489 e. The molecule has 0 atom stereocenters. The molecular formula is C20H26F2N2O4. The zero-order valence-corrected chi connectivity index (χ0v) is 16.6. The third kappa shape index (κ3) is 6.83. The molecule has 1 aromatic carbocycles. The minimum atomic E-state index is -1.90. The Balaban J connectivity index is 1.96. The lowest BCUT2D eigenvalue weighted by molar-refractivity contribution is 0.0531. The summed E-state index contributed by atoms with van der Waals surface area (Å²) in [5.41, 5.74) is 0.188. The molecule has 0 aliphatic heterocycles. The Labute approximate surface area is 162 Å². The van der Waals surface area contributed by atoms with Gasteiger partial charge in [-0.1, -0.05) is 13.3 Å². The highest BCUT2D eigenvalue weighted by atomic mass is 19.3. The Morgan fingerprint density at radius 2 is 2.04 bits per heavy atom. The van der Waals surface area contributed by atoms with Crippen LogP contribution in [0.15, 0.2) is 34.3 Å². The number of alkyl carbamates (subject to hydrolysis) is 1. The molecule has 2 rings (SSSR count). The number of carbonyl (C=O) groups excluding carboxylic acids is 1. The van der Waals surface area contributed by atoms with Crippen molar-refractivity contribution in [2.24, 2.45) is 0 Å². The number of nitrogens with zero attached hydrogens (tertiary/aromatic N) is 1. The van der Waals surface area contributed by atoms with Gasteiger partial charge in [-0.15, -0.1) is 0 Å². The molecule has 0 aliphatic rings. The maximum absolute atomic E-state index is 13.1. The van der Waals surface area contributed by atoms with E-state index >= 15 is 0 Å². The number of halogens is 2. The summed E-state index contributed by atoms with van der Waals surface area (Å²) >= 11 is 0. The normalized spacial score (nSPS) is 11.4. The van der Waals surface area contributed by atoms with Crippen LogP contribution >= 0.6 is 0 Å². The molecule has 1 amide bonds. The number of aryl methyl sites for hydroxylation is 1. The largest absolute Gasteiger partial charge is 0.489 e. The van der Waals surface area contributed by atoms with E-state index < -0.39 is 17.8 Å². The summed E-state index contributed by atoms with van der Waals surface area (Å²) < 4.78 is 42.4. The van der Waals surface area contributed by atoms with Crippen LogP contribution in [0.4, 0.5) is 13.6 Å². The first-order valence-corrected chi connectivity index (χ1v) is 9.20. The molecule has 0 spiro atoms. The number of amides is 1. The lowest BCUT2D eigenvalue weighted by Crippen LogP contribution is -2.34. The van der Waals surface area contributed by atoms with Gasteiger partial charge in [-0.25, -0.2) is 9.78 Å². The first-order valence-electron chi connectivity index (χ1n) is 9.20. The van der Waals surface area contributed by atoms with Gasteiger partial charge in [0.05, 0.1) is 12.1 Å². The van der Waals surface area contributed by atoms with Crippen LogP contribution in [0, 0.1) is 0 Å². The SMILES string of the molecule is CCCCc1nc2ccc(OCC(CNC(=O)OC(C)(C)C)=C(F)F)cc2o1. The van der Waals surface area contributed by atoms with Gasteiger partial charge < -0.3 is 19.2 Å². The number of carbonyl (C=O) groups is 1. The summed E-state index contributed by atoms with van der Waals surface area (Å²) in [6, 6.07) is 4.98. The van der Waals surface area contributed by atoms with Gasteiger partial charge >= 0.3 is 6.09 Å². The number of unbranched alkanes of at least 4 members (excludes halogenated alkanes) is 1. The summed E-state index contributed by atoms with van der Waals surface area (Å²) in [5.74, 6) is 1.02. The summed E-state index contributed by atoms with van der Waals surface area (Å²) in [4.78, 5) is 16.0. The number of hydrogen-bond donors (Lipinski definition) is 1. The van der Waals surface area contributed by atoms with Crippen molar-refractivity contribution < 1.29 is 27.5 Å². The number of rotatable bonds is 8. The third-order valence-electron chi connectivity index (χ3n) is 3.67. The Kier molecular flexibility index (Phi) is 7.37. The van der Waals surface area contributed by atoms with E-state index in [1.807, 2.05) is 0 Å². The topological polar surface area (TPSA) is 73.6 Å². The van der Waals surface area contributed by atoms with Gasteiger partial charge in [0.2, 0.25) is 0 Å². The van der Waals surface area contributed by atoms with Gasteiger partial charge in [-0.2, -0.15) is 8.78 Å². The second-order valence-electron chi connectivity index (χ2n) is 7.35. The standard InChI is InChI=1S/C20H26F2N2O4/c1-5-6-7-17-24-15-9-8-14(10-16(15)27-17)26-12-13(18(21)22)11-23-19(25)28-20(2,3)4/h8-10H,5-7,11-12H2,1-4H3,(H,23,25). The fourth-order valence-corrected chi connectivity index (χ4v) is 2.31. The zero-order valence-electron chi connectivity index (χ0n) is 16.6. The smallest absolute Gasteiger partial charge is 0.407 e. The molecule has 0 unspecified atom stereocenters. The van der Waals surface area contributed by atoms with Crippen molar-refractivity contribution in [1.82, 2.24) is 10.3 Å². The number of nitrogens with one attached hydrogen (secondary N) is 1. The molecule has 0 saturated heterocycles. The number of oxazole rings is 1. The summed E-state index contributed by atoms with van der Waals surface area (Å²) in [6.45, 7) is 6.41. The van der Waals surface area contributed by atoms with Gasteiger partial charge in [-0.3, -0.25) is 0 Å². The molecular weight excluding hydrogens is 370 g/mol. The number of benzene rings is 1. The van der Waals surface area contributed by atoms with E-state index in [9.17, 15) is 13.6 Å². The van der Waals surface area contributed by atoms with E-state index in [2.05, 4.69) is 17.2 Å². The lowest BCUT2D eigenvalue weighted by Gasteiger charge is -2.20. The highest BCUT2D eigenvalue weighted by Crippen LogP contribution is 2.23. The van der Waals surface area contributed by atoms with Crippen LogP contribution in [0.3, 0.4) is 0 Å². The van der Waals surface area contributed by atoms with E-state index in [-0.39, 0.29) is 18.7 Å². The first kappa shape index (κ1) is 21.7. The Bertz CT molecular complexity index is 836. The summed E-state index contributed by atoms with van der Waals surface area (Å²) in [7, 11) is 0.